The van der Waals surface area contributed by atoms with Crippen LogP contribution in [-0.2, 0) is 4.74 Å². The first-order valence-corrected chi connectivity index (χ1v) is 7.11. The number of hydrogen-bond acceptors (Lipinski definition) is 3. The van der Waals surface area contributed by atoms with Gasteiger partial charge in [-0.2, -0.15) is 0 Å². The highest BCUT2D eigenvalue weighted by atomic mass is 16.5. The third kappa shape index (κ3) is 2.75. The fourth-order valence-corrected chi connectivity index (χ4v) is 2.80. The van der Waals surface area contributed by atoms with Crippen molar-refractivity contribution in [3.63, 3.8) is 0 Å². The Kier molecular flexibility index (Phi) is 4.11. The van der Waals surface area contributed by atoms with Crippen molar-refractivity contribution in [3.05, 3.63) is 60.2 Å². The fourth-order valence-electron chi connectivity index (χ4n) is 2.80. The zero-order valence-electron chi connectivity index (χ0n) is 11.5. The quantitative estimate of drug-likeness (QED) is 0.662. The second-order valence-electron chi connectivity index (χ2n) is 5.18. The van der Waals surface area contributed by atoms with Gasteiger partial charge in [-0.25, -0.2) is 0 Å². The number of nitrogens with two attached hydrogens (primary N) is 1. The lowest BCUT2D eigenvalue weighted by Crippen LogP contribution is -2.36. The Hall–Kier alpha value is -1.68. The molecule has 1 aliphatic heterocycles. The molecule has 1 saturated heterocycles. The summed E-state index contributed by atoms with van der Waals surface area (Å²) in [5.74, 6) is 5.70. The van der Waals surface area contributed by atoms with Gasteiger partial charge in [0.2, 0.25) is 0 Å². The van der Waals surface area contributed by atoms with E-state index in [4.69, 9.17) is 10.6 Å². The molecule has 2 aromatic rings. The van der Waals surface area contributed by atoms with Gasteiger partial charge in [0.25, 0.3) is 0 Å². The molecule has 1 aliphatic rings. The van der Waals surface area contributed by atoms with E-state index in [1.165, 1.54) is 16.7 Å². The number of hydrogen-bond donors (Lipinski definition) is 2. The average Bonchev–Trinajstić information content (AvgIpc) is 3.04. The number of ether oxygens (including phenoxy) is 1. The third-order valence-corrected chi connectivity index (χ3v) is 3.89. The van der Waals surface area contributed by atoms with Gasteiger partial charge >= 0.3 is 0 Å². The molecule has 0 saturated carbocycles. The zero-order chi connectivity index (χ0) is 13.8. The van der Waals surface area contributed by atoms with Gasteiger partial charge in [-0.3, -0.25) is 11.3 Å². The minimum Gasteiger partial charge on any atom is -0.376 e. The molecule has 0 amide bonds. The van der Waals surface area contributed by atoms with E-state index in [2.05, 4.69) is 54.0 Å². The van der Waals surface area contributed by atoms with E-state index in [-0.39, 0.29) is 12.1 Å². The standard InChI is InChI=1S/C17H20N2O/c18-19-17(16-7-4-12-20-16)15-10-8-14(9-11-15)13-5-2-1-3-6-13/h1-3,5-6,8-11,16-17,19H,4,7,12,18H2. The molecule has 2 unspecified atom stereocenters. The highest BCUT2D eigenvalue weighted by molar-refractivity contribution is 5.63. The SMILES string of the molecule is NNC(c1ccc(-c2ccccc2)cc1)C1CCCO1. The first-order chi connectivity index (χ1) is 9.88. The van der Waals surface area contributed by atoms with Crippen LogP contribution in [0.2, 0.25) is 0 Å². The summed E-state index contributed by atoms with van der Waals surface area (Å²) in [4.78, 5) is 0. The number of nitrogens with one attached hydrogen (secondary N) is 1. The topological polar surface area (TPSA) is 47.3 Å². The molecule has 3 rings (SSSR count). The van der Waals surface area contributed by atoms with Crippen molar-refractivity contribution in [2.24, 2.45) is 5.84 Å². The van der Waals surface area contributed by atoms with Crippen LogP contribution < -0.4 is 11.3 Å². The van der Waals surface area contributed by atoms with Crippen LogP contribution in [0, 0.1) is 0 Å². The van der Waals surface area contributed by atoms with Crippen molar-refractivity contribution in [1.82, 2.24) is 5.43 Å². The lowest BCUT2D eigenvalue weighted by atomic mass is 9.97. The average molecular weight is 268 g/mol. The van der Waals surface area contributed by atoms with Crippen LogP contribution in [0.1, 0.15) is 24.4 Å². The minimum absolute atomic E-state index is 0.0716. The molecule has 2 atom stereocenters. The van der Waals surface area contributed by atoms with E-state index < -0.39 is 0 Å². The maximum absolute atomic E-state index is 5.73. The van der Waals surface area contributed by atoms with Crippen molar-refractivity contribution in [2.75, 3.05) is 6.61 Å². The molecule has 3 nitrogen and oxygen atoms in total. The lowest BCUT2D eigenvalue weighted by Gasteiger charge is -2.22. The molecule has 0 aromatic heterocycles. The summed E-state index contributed by atoms with van der Waals surface area (Å²) in [6.45, 7) is 0.838. The van der Waals surface area contributed by atoms with Gasteiger partial charge in [-0.1, -0.05) is 54.6 Å². The van der Waals surface area contributed by atoms with Crippen LogP contribution in [0.5, 0.6) is 0 Å². The normalized spacial score (nSPS) is 19.9. The van der Waals surface area contributed by atoms with Gasteiger partial charge in [0.15, 0.2) is 0 Å². The summed E-state index contributed by atoms with van der Waals surface area (Å²) >= 11 is 0. The molecule has 0 bridgehead atoms. The molecule has 3 heteroatoms. The lowest BCUT2D eigenvalue weighted by molar-refractivity contribution is 0.0783. The first-order valence-electron chi connectivity index (χ1n) is 7.11. The predicted molar refractivity (Wildman–Crippen MR) is 80.9 cm³/mol. The van der Waals surface area contributed by atoms with Crippen molar-refractivity contribution < 1.29 is 4.74 Å². The van der Waals surface area contributed by atoms with Crippen LogP contribution in [0.4, 0.5) is 0 Å². The summed E-state index contributed by atoms with van der Waals surface area (Å²) in [6.07, 6.45) is 2.36. The van der Waals surface area contributed by atoms with Gasteiger partial charge < -0.3 is 4.74 Å². The van der Waals surface area contributed by atoms with Crippen molar-refractivity contribution in [1.29, 1.82) is 0 Å². The Balaban J connectivity index is 1.81. The highest BCUT2D eigenvalue weighted by Gasteiger charge is 2.26. The molecule has 0 aliphatic carbocycles. The van der Waals surface area contributed by atoms with Gasteiger partial charge in [0, 0.05) is 6.61 Å². The Bertz CT molecular complexity index is 533. The first kappa shape index (κ1) is 13.3. The van der Waals surface area contributed by atoms with Gasteiger partial charge in [-0.15, -0.1) is 0 Å². The fraction of sp³-hybridized carbons (Fsp3) is 0.294. The maximum atomic E-state index is 5.73. The molecular weight excluding hydrogens is 248 g/mol. The van der Waals surface area contributed by atoms with Crippen molar-refractivity contribution in [2.45, 2.75) is 25.0 Å². The van der Waals surface area contributed by atoms with E-state index in [0.29, 0.717) is 0 Å². The van der Waals surface area contributed by atoms with Crippen LogP contribution >= 0.6 is 0 Å². The van der Waals surface area contributed by atoms with Gasteiger partial charge in [-0.05, 0) is 29.5 Å². The largest absolute Gasteiger partial charge is 0.376 e. The predicted octanol–water partition coefficient (Wildman–Crippen LogP) is 3.04. The van der Waals surface area contributed by atoms with Crippen LogP contribution in [0.15, 0.2) is 54.6 Å². The van der Waals surface area contributed by atoms with Gasteiger partial charge in [0.1, 0.15) is 0 Å². The Morgan fingerprint density at radius 1 is 1.00 bits per heavy atom. The molecule has 2 aromatic carbocycles. The van der Waals surface area contributed by atoms with Crippen molar-refractivity contribution >= 4 is 0 Å². The van der Waals surface area contributed by atoms with E-state index >= 15 is 0 Å². The minimum atomic E-state index is 0.0716. The maximum Gasteiger partial charge on any atom is 0.0783 e. The van der Waals surface area contributed by atoms with E-state index in [9.17, 15) is 0 Å². The summed E-state index contributed by atoms with van der Waals surface area (Å²) in [6, 6.07) is 19.0. The smallest absolute Gasteiger partial charge is 0.0783 e. The number of benzene rings is 2. The number of hydrazine groups is 1. The summed E-state index contributed by atoms with van der Waals surface area (Å²) in [7, 11) is 0. The molecule has 0 spiro atoms. The van der Waals surface area contributed by atoms with Crippen LogP contribution in [-0.4, -0.2) is 12.7 Å². The Labute approximate surface area is 119 Å². The molecule has 0 radical (unpaired) electrons. The molecule has 1 fully saturated rings. The second-order valence-corrected chi connectivity index (χ2v) is 5.18. The second kappa shape index (κ2) is 6.18. The van der Waals surface area contributed by atoms with E-state index in [1.807, 2.05) is 6.07 Å². The summed E-state index contributed by atoms with van der Waals surface area (Å²) in [5, 5.41) is 0. The summed E-state index contributed by atoms with van der Waals surface area (Å²) in [5.41, 5.74) is 6.52. The highest BCUT2D eigenvalue weighted by Crippen LogP contribution is 2.28. The molecule has 20 heavy (non-hydrogen) atoms. The van der Waals surface area contributed by atoms with Crippen LogP contribution in [0.25, 0.3) is 11.1 Å². The molecular formula is C17H20N2O. The van der Waals surface area contributed by atoms with Crippen LogP contribution in [0.3, 0.4) is 0 Å². The van der Waals surface area contributed by atoms with Crippen molar-refractivity contribution in [3.8, 4) is 11.1 Å². The van der Waals surface area contributed by atoms with E-state index in [0.717, 1.165) is 19.4 Å². The third-order valence-electron chi connectivity index (χ3n) is 3.89. The molecule has 1 heterocycles. The summed E-state index contributed by atoms with van der Waals surface area (Å²) < 4.78 is 5.73. The Morgan fingerprint density at radius 3 is 2.30 bits per heavy atom. The van der Waals surface area contributed by atoms with E-state index in [1.54, 1.807) is 0 Å². The number of rotatable bonds is 4. The molecule has 104 valence electrons. The Morgan fingerprint density at radius 2 is 1.70 bits per heavy atom. The molecule has 3 N–H and O–H groups in total. The zero-order valence-corrected chi connectivity index (χ0v) is 11.5. The monoisotopic (exact) mass is 268 g/mol. The van der Waals surface area contributed by atoms with Gasteiger partial charge in [0.05, 0.1) is 12.1 Å².